The summed E-state index contributed by atoms with van der Waals surface area (Å²) >= 11 is 5.91. The molecule has 2 rings (SSSR count). The lowest BCUT2D eigenvalue weighted by Gasteiger charge is -2.25. The molecule has 0 aliphatic rings. The minimum absolute atomic E-state index is 0.242. The van der Waals surface area contributed by atoms with Crippen LogP contribution in [-0.4, -0.2) is 45.6 Å². The van der Waals surface area contributed by atoms with Crippen molar-refractivity contribution in [2.75, 3.05) is 5.32 Å². The fourth-order valence-electron chi connectivity index (χ4n) is 2.26. The van der Waals surface area contributed by atoms with Crippen molar-refractivity contribution in [1.29, 1.82) is 0 Å². The monoisotopic (exact) mass is 528 g/mol. The molecule has 2 aromatic carbocycles. The minimum atomic E-state index is -5.27. The van der Waals surface area contributed by atoms with E-state index in [1.165, 1.54) is 0 Å². The molecule has 0 aliphatic carbocycles. The summed E-state index contributed by atoms with van der Waals surface area (Å²) in [6, 6.07) is 6.57. The Kier molecular flexibility index (Phi) is 7.04. The summed E-state index contributed by atoms with van der Waals surface area (Å²) in [6.07, 6.45) is -5.27. The zero-order valence-electron chi connectivity index (χ0n) is 16.5. The fourth-order valence-corrected chi connectivity index (χ4v) is 4.70. The number of alkyl halides is 3. The lowest BCUT2D eigenvalue weighted by atomic mass is 10.1. The van der Waals surface area contributed by atoms with Crippen LogP contribution in [0.25, 0.3) is 0 Å². The highest BCUT2D eigenvalue weighted by atomic mass is 35.5. The molecule has 0 radical (unpaired) electrons. The van der Waals surface area contributed by atoms with Gasteiger partial charge in [0.15, 0.2) is 0 Å². The van der Waals surface area contributed by atoms with Crippen molar-refractivity contribution >= 4 is 49.0 Å². The van der Waals surface area contributed by atoms with E-state index in [1.807, 2.05) is 0 Å². The number of carbonyl (C=O) groups is 1. The van der Waals surface area contributed by atoms with Crippen molar-refractivity contribution in [3.05, 3.63) is 47.5 Å². The quantitative estimate of drug-likeness (QED) is 0.320. The van der Waals surface area contributed by atoms with Gasteiger partial charge in [-0.25, -0.2) is 8.42 Å². The molecule has 10 nitrogen and oxygen atoms in total. The lowest BCUT2D eigenvalue weighted by molar-refractivity contribution is -0.242. The van der Waals surface area contributed by atoms with Crippen LogP contribution >= 0.6 is 11.6 Å². The van der Waals surface area contributed by atoms with Crippen LogP contribution in [-0.2, 0) is 24.7 Å². The van der Waals surface area contributed by atoms with E-state index in [9.17, 15) is 39.9 Å². The maximum absolute atomic E-state index is 12.8. The normalized spacial score (nSPS) is 14.2. The zero-order chi connectivity index (χ0) is 25.4. The molecule has 0 fully saturated rings. The van der Waals surface area contributed by atoms with E-state index in [0.29, 0.717) is 0 Å². The van der Waals surface area contributed by atoms with Crippen molar-refractivity contribution in [1.82, 2.24) is 0 Å². The van der Waals surface area contributed by atoms with Crippen LogP contribution in [0.5, 0.6) is 0 Å². The predicted octanol–water partition coefficient (Wildman–Crippen LogP) is 1.39. The molecule has 6 N–H and O–H groups in total. The highest BCUT2D eigenvalue weighted by Crippen LogP contribution is 2.33. The Morgan fingerprint density at radius 1 is 1.00 bits per heavy atom. The number of nitrogens with zero attached hydrogens (tertiary/aromatic N) is 1. The van der Waals surface area contributed by atoms with Gasteiger partial charge in [-0.2, -0.15) is 21.6 Å². The molecule has 0 spiro atoms. The molecule has 0 aliphatic heterocycles. The Balaban J connectivity index is 2.36. The summed E-state index contributed by atoms with van der Waals surface area (Å²) < 4.78 is 90.9. The number of rotatable bonds is 6. The molecule has 0 bridgehead atoms. The van der Waals surface area contributed by atoms with Crippen LogP contribution < -0.4 is 16.8 Å². The van der Waals surface area contributed by atoms with Gasteiger partial charge >= 0.3 is 6.18 Å². The molecule has 0 heterocycles. The number of aliphatic hydroxyl groups is 1. The van der Waals surface area contributed by atoms with Gasteiger partial charge in [0.1, 0.15) is 0 Å². The molecule has 0 aromatic heterocycles. The Hall–Kier alpha value is -2.88. The maximum atomic E-state index is 12.8. The standard InChI is InChI=1S/C17H16ClF3N4O6S2/c1-16(27,17(19,20)21)14(26)24-13-7-6-11(8-12(13)18)32(28,29)9-2-4-10(5-3-9)33(30,31)25-15(22)23/h2-8,27H,1H3,(H,24,26)(H4,22,23,25)/t16-/m1/s1. The fraction of sp³-hybridized carbons (Fsp3) is 0.176. The van der Waals surface area contributed by atoms with Crippen LogP contribution in [0.3, 0.4) is 0 Å². The van der Waals surface area contributed by atoms with Gasteiger partial charge < -0.3 is 21.9 Å². The number of nitrogens with two attached hydrogens (primary N) is 2. The van der Waals surface area contributed by atoms with Gasteiger partial charge in [-0.1, -0.05) is 11.6 Å². The second kappa shape index (κ2) is 8.81. The summed E-state index contributed by atoms with van der Waals surface area (Å²) in [7, 11) is -8.50. The highest BCUT2D eigenvalue weighted by Gasteiger charge is 2.55. The minimum Gasteiger partial charge on any atom is -0.373 e. The number of sulfone groups is 1. The van der Waals surface area contributed by atoms with E-state index in [-0.39, 0.29) is 22.4 Å². The van der Waals surface area contributed by atoms with Gasteiger partial charge in [-0.15, -0.1) is 4.40 Å². The van der Waals surface area contributed by atoms with Crippen LogP contribution in [0, 0.1) is 0 Å². The second-order valence-corrected chi connectivity index (χ2v) is 10.6. The Labute approximate surface area is 191 Å². The number of halogens is 4. The SMILES string of the molecule is C[C@@](O)(C(=O)Nc1ccc(S(=O)(=O)c2ccc(S(=O)(=O)N=C(N)N)cc2)cc1Cl)C(F)(F)F. The molecular weight excluding hydrogens is 513 g/mol. The first-order chi connectivity index (χ1) is 14.9. The van der Waals surface area contributed by atoms with Crippen molar-refractivity contribution < 1.29 is 39.9 Å². The van der Waals surface area contributed by atoms with Gasteiger partial charge in [0.2, 0.25) is 21.4 Å². The first-order valence-corrected chi connectivity index (χ1v) is 11.8. The number of sulfonamides is 1. The number of benzene rings is 2. The molecule has 1 atom stereocenters. The number of hydrogen-bond donors (Lipinski definition) is 4. The smallest absolute Gasteiger partial charge is 0.373 e. The molecule has 16 heteroatoms. The Morgan fingerprint density at radius 2 is 1.48 bits per heavy atom. The third-order valence-electron chi connectivity index (χ3n) is 4.15. The van der Waals surface area contributed by atoms with E-state index >= 15 is 0 Å². The second-order valence-electron chi connectivity index (χ2n) is 6.63. The van der Waals surface area contributed by atoms with Gasteiger partial charge in [0.05, 0.1) is 25.4 Å². The highest BCUT2D eigenvalue weighted by molar-refractivity contribution is 7.91. The van der Waals surface area contributed by atoms with Crippen molar-refractivity contribution in [2.45, 2.75) is 33.4 Å². The van der Waals surface area contributed by atoms with E-state index in [4.69, 9.17) is 23.1 Å². The summed E-state index contributed by atoms with van der Waals surface area (Å²) in [5, 5.41) is 10.7. The van der Waals surface area contributed by atoms with Crippen LogP contribution in [0.15, 0.2) is 61.5 Å². The summed E-state index contributed by atoms with van der Waals surface area (Å²) in [4.78, 5) is 10.6. The van der Waals surface area contributed by atoms with E-state index in [1.54, 1.807) is 5.32 Å². The van der Waals surface area contributed by atoms with Crippen molar-refractivity contribution in [3.63, 3.8) is 0 Å². The molecule has 33 heavy (non-hydrogen) atoms. The first kappa shape index (κ1) is 26.4. The van der Waals surface area contributed by atoms with Gasteiger partial charge in [0.25, 0.3) is 15.9 Å². The zero-order valence-corrected chi connectivity index (χ0v) is 18.8. The molecule has 1 amide bonds. The number of hydrogen-bond acceptors (Lipinski definition) is 6. The number of anilines is 1. The average Bonchev–Trinajstić information content (AvgIpc) is 2.67. The number of guanidine groups is 1. The Morgan fingerprint density at radius 3 is 1.94 bits per heavy atom. The van der Waals surface area contributed by atoms with Gasteiger partial charge in [0, 0.05) is 0 Å². The van der Waals surface area contributed by atoms with E-state index < -0.39 is 53.4 Å². The average molecular weight is 529 g/mol. The third kappa shape index (κ3) is 5.55. The van der Waals surface area contributed by atoms with Crippen molar-refractivity contribution in [2.24, 2.45) is 15.9 Å². The summed E-state index contributed by atoms with van der Waals surface area (Å²) in [5.74, 6) is -2.55. The Bertz CT molecular complexity index is 1320. The van der Waals surface area contributed by atoms with Gasteiger partial charge in [-0.3, -0.25) is 4.79 Å². The third-order valence-corrected chi connectivity index (χ3v) is 7.55. The predicted molar refractivity (Wildman–Crippen MR) is 112 cm³/mol. The molecule has 2 aromatic rings. The number of nitrogens with one attached hydrogen (secondary N) is 1. The maximum Gasteiger partial charge on any atom is 0.426 e. The topological polar surface area (TPSA) is 182 Å². The lowest BCUT2D eigenvalue weighted by Crippen LogP contribution is -2.52. The van der Waals surface area contributed by atoms with Crippen LogP contribution in [0.4, 0.5) is 18.9 Å². The molecule has 180 valence electrons. The molecule has 0 unspecified atom stereocenters. The molecule has 0 saturated carbocycles. The number of carbonyl (C=O) groups excluding carboxylic acids is 1. The largest absolute Gasteiger partial charge is 0.426 e. The molecule has 0 saturated heterocycles. The van der Waals surface area contributed by atoms with Crippen LogP contribution in [0.2, 0.25) is 5.02 Å². The summed E-state index contributed by atoms with van der Waals surface area (Å²) in [6.45, 7) is 0.242. The summed E-state index contributed by atoms with van der Waals surface area (Å²) in [5.41, 5.74) is 5.97. The number of amides is 1. The van der Waals surface area contributed by atoms with Crippen molar-refractivity contribution in [3.8, 4) is 0 Å². The van der Waals surface area contributed by atoms with Crippen LogP contribution in [0.1, 0.15) is 6.92 Å². The van der Waals surface area contributed by atoms with Gasteiger partial charge in [-0.05, 0) is 49.4 Å². The first-order valence-electron chi connectivity index (χ1n) is 8.51. The molecular formula is C17H16ClF3N4O6S2. The van der Waals surface area contributed by atoms with E-state index in [2.05, 4.69) is 4.40 Å². The van der Waals surface area contributed by atoms with E-state index in [0.717, 1.165) is 42.5 Å².